The van der Waals surface area contributed by atoms with E-state index < -0.39 is 0 Å². The number of benzene rings is 1. The summed E-state index contributed by atoms with van der Waals surface area (Å²) in [5, 5.41) is 0. The Bertz CT molecular complexity index is 703. The molecule has 1 aromatic carbocycles. The Morgan fingerprint density at radius 2 is 1.77 bits per heavy atom. The molecule has 0 N–H and O–H groups in total. The number of aryl methyl sites for hydroxylation is 2. The van der Waals surface area contributed by atoms with Gasteiger partial charge in [-0.25, -0.2) is 0 Å². The fraction of sp³-hybridized carbons (Fsp3) is 0.478. The predicted molar refractivity (Wildman–Crippen MR) is 107 cm³/mol. The Labute approximate surface area is 157 Å². The van der Waals surface area contributed by atoms with Crippen LogP contribution in [0.4, 0.5) is 0 Å². The quantitative estimate of drug-likeness (QED) is 0.564. The van der Waals surface area contributed by atoms with Gasteiger partial charge in [0, 0.05) is 35.4 Å². The van der Waals surface area contributed by atoms with E-state index in [4.69, 9.17) is 4.74 Å². The van der Waals surface area contributed by atoms with Crippen LogP contribution in [0.3, 0.4) is 0 Å². The molecule has 1 aromatic heterocycles. The number of carbonyl (C=O) groups is 1. The fourth-order valence-electron chi connectivity index (χ4n) is 3.44. The lowest BCUT2D eigenvalue weighted by molar-refractivity contribution is -0.116. The van der Waals surface area contributed by atoms with E-state index in [1.54, 1.807) is 0 Å². The average molecular weight is 354 g/mol. The Balaban J connectivity index is 1.95. The topological polar surface area (TPSA) is 39.2 Å². The normalized spacial score (nSPS) is 14.5. The van der Waals surface area contributed by atoms with Gasteiger partial charge >= 0.3 is 0 Å². The third-order valence-corrected chi connectivity index (χ3v) is 5.24. The second-order valence-electron chi connectivity index (χ2n) is 7.52. The molecule has 140 valence electrons. The highest BCUT2D eigenvalue weighted by Gasteiger charge is 2.30. The van der Waals surface area contributed by atoms with Gasteiger partial charge in [0.2, 0.25) is 0 Å². The summed E-state index contributed by atoms with van der Waals surface area (Å²) in [6.45, 7) is 10.9. The largest absolute Gasteiger partial charge is 0.493 e. The minimum atomic E-state index is -0.295. The summed E-state index contributed by atoms with van der Waals surface area (Å²) in [6.07, 6.45) is 3.91. The molecule has 2 unspecified atom stereocenters. The summed E-state index contributed by atoms with van der Waals surface area (Å²) >= 11 is 0. The SMILES string of the molecule is CCCC(C)(C=O)C(C)c1ccc(CCOc2cc(C)nc(C)c2)cc1. The van der Waals surface area contributed by atoms with Gasteiger partial charge < -0.3 is 9.53 Å². The summed E-state index contributed by atoms with van der Waals surface area (Å²) < 4.78 is 5.87. The summed E-state index contributed by atoms with van der Waals surface area (Å²) in [5.41, 5.74) is 4.12. The number of ether oxygens (including phenoxy) is 1. The van der Waals surface area contributed by atoms with Crippen LogP contribution in [0.1, 0.15) is 62.0 Å². The van der Waals surface area contributed by atoms with Gasteiger partial charge in [-0.05, 0) is 37.3 Å². The summed E-state index contributed by atoms with van der Waals surface area (Å²) in [6, 6.07) is 12.5. The van der Waals surface area contributed by atoms with Gasteiger partial charge in [-0.15, -0.1) is 0 Å². The fourth-order valence-corrected chi connectivity index (χ4v) is 3.44. The van der Waals surface area contributed by atoms with Crippen LogP contribution in [0, 0.1) is 19.3 Å². The molecule has 26 heavy (non-hydrogen) atoms. The molecule has 2 atom stereocenters. The summed E-state index contributed by atoms with van der Waals surface area (Å²) in [5.74, 6) is 1.09. The van der Waals surface area contributed by atoms with Crippen LogP contribution in [-0.2, 0) is 11.2 Å². The predicted octanol–water partition coefficient (Wildman–Crippen LogP) is 5.43. The van der Waals surface area contributed by atoms with E-state index in [9.17, 15) is 4.79 Å². The van der Waals surface area contributed by atoms with E-state index in [0.29, 0.717) is 6.61 Å². The number of nitrogens with zero attached hydrogens (tertiary/aromatic N) is 1. The third kappa shape index (κ3) is 5.17. The number of pyridine rings is 1. The van der Waals surface area contributed by atoms with E-state index in [-0.39, 0.29) is 11.3 Å². The van der Waals surface area contributed by atoms with Crippen molar-refractivity contribution in [3.05, 3.63) is 58.9 Å². The minimum Gasteiger partial charge on any atom is -0.493 e. The summed E-state index contributed by atoms with van der Waals surface area (Å²) in [4.78, 5) is 16.0. The molecule has 0 amide bonds. The Hall–Kier alpha value is -2.16. The van der Waals surface area contributed by atoms with Crippen LogP contribution < -0.4 is 4.74 Å². The zero-order valence-electron chi connectivity index (χ0n) is 16.7. The molecular weight excluding hydrogens is 322 g/mol. The first-order chi connectivity index (χ1) is 12.4. The highest BCUT2D eigenvalue weighted by Crippen LogP contribution is 2.37. The van der Waals surface area contributed by atoms with Crippen molar-refractivity contribution in [2.45, 2.75) is 59.8 Å². The maximum absolute atomic E-state index is 11.6. The molecule has 0 aliphatic rings. The second kappa shape index (κ2) is 8.98. The van der Waals surface area contributed by atoms with Crippen molar-refractivity contribution in [2.75, 3.05) is 6.61 Å². The Kier molecular flexibility index (Phi) is 6.96. The number of aromatic nitrogens is 1. The first-order valence-electron chi connectivity index (χ1n) is 9.51. The van der Waals surface area contributed by atoms with Crippen LogP contribution in [0.15, 0.2) is 36.4 Å². The highest BCUT2D eigenvalue weighted by molar-refractivity contribution is 5.61. The first-order valence-corrected chi connectivity index (χ1v) is 9.51. The second-order valence-corrected chi connectivity index (χ2v) is 7.52. The molecular formula is C23H31NO2. The molecule has 0 aliphatic heterocycles. The van der Waals surface area contributed by atoms with Crippen molar-refractivity contribution in [3.63, 3.8) is 0 Å². The van der Waals surface area contributed by atoms with Crippen LogP contribution in [0.25, 0.3) is 0 Å². The van der Waals surface area contributed by atoms with Gasteiger partial charge in [-0.3, -0.25) is 4.98 Å². The monoisotopic (exact) mass is 353 g/mol. The summed E-state index contributed by atoms with van der Waals surface area (Å²) in [7, 11) is 0. The minimum absolute atomic E-state index is 0.216. The lowest BCUT2D eigenvalue weighted by Crippen LogP contribution is -2.25. The van der Waals surface area contributed by atoms with Gasteiger partial charge in [0.25, 0.3) is 0 Å². The van der Waals surface area contributed by atoms with Crippen molar-refractivity contribution >= 4 is 6.29 Å². The number of carbonyl (C=O) groups excluding carboxylic acids is 1. The Morgan fingerprint density at radius 1 is 1.15 bits per heavy atom. The van der Waals surface area contributed by atoms with Gasteiger partial charge in [0.1, 0.15) is 12.0 Å². The van der Waals surface area contributed by atoms with Crippen molar-refractivity contribution in [3.8, 4) is 5.75 Å². The lowest BCUT2D eigenvalue weighted by Gasteiger charge is -2.30. The molecule has 0 saturated carbocycles. The zero-order chi connectivity index (χ0) is 19.2. The van der Waals surface area contributed by atoms with Crippen LogP contribution in [0.2, 0.25) is 0 Å². The zero-order valence-corrected chi connectivity index (χ0v) is 16.7. The number of hydrogen-bond acceptors (Lipinski definition) is 3. The molecule has 3 nitrogen and oxygen atoms in total. The highest BCUT2D eigenvalue weighted by atomic mass is 16.5. The average Bonchev–Trinajstić information content (AvgIpc) is 2.61. The van der Waals surface area contributed by atoms with Crippen molar-refractivity contribution in [1.82, 2.24) is 4.98 Å². The molecule has 0 spiro atoms. The lowest BCUT2D eigenvalue weighted by atomic mass is 9.72. The standard InChI is InChI=1S/C23H31NO2/c1-6-12-23(5,16-25)19(4)21-9-7-20(8-10-21)11-13-26-22-14-17(2)24-18(3)15-22/h7-10,14-16,19H,6,11-13H2,1-5H3. The number of aldehydes is 1. The van der Waals surface area contributed by atoms with Crippen LogP contribution in [-0.4, -0.2) is 17.9 Å². The van der Waals surface area contributed by atoms with Crippen molar-refractivity contribution in [2.24, 2.45) is 5.41 Å². The van der Waals surface area contributed by atoms with E-state index >= 15 is 0 Å². The molecule has 0 saturated heterocycles. The Morgan fingerprint density at radius 3 is 2.31 bits per heavy atom. The molecule has 2 aromatic rings. The first kappa shape index (κ1) is 20.2. The molecule has 0 aliphatic carbocycles. The molecule has 0 fully saturated rings. The smallest absolute Gasteiger partial charge is 0.126 e. The molecule has 1 heterocycles. The van der Waals surface area contributed by atoms with Gasteiger partial charge in [-0.2, -0.15) is 0 Å². The van der Waals surface area contributed by atoms with E-state index in [1.807, 2.05) is 26.0 Å². The van der Waals surface area contributed by atoms with Gasteiger partial charge in [0.05, 0.1) is 6.61 Å². The van der Waals surface area contributed by atoms with Crippen molar-refractivity contribution in [1.29, 1.82) is 0 Å². The van der Waals surface area contributed by atoms with Gasteiger partial charge in [-0.1, -0.05) is 51.5 Å². The number of rotatable bonds is 9. The maximum atomic E-state index is 11.6. The van der Waals surface area contributed by atoms with Crippen molar-refractivity contribution < 1.29 is 9.53 Å². The van der Waals surface area contributed by atoms with E-state index in [1.165, 1.54) is 11.1 Å². The van der Waals surface area contributed by atoms with E-state index in [0.717, 1.165) is 42.7 Å². The van der Waals surface area contributed by atoms with Crippen LogP contribution >= 0.6 is 0 Å². The maximum Gasteiger partial charge on any atom is 0.126 e. The molecule has 0 radical (unpaired) electrons. The molecule has 0 bridgehead atoms. The van der Waals surface area contributed by atoms with E-state index in [2.05, 4.69) is 50.0 Å². The molecule has 2 rings (SSSR count). The molecule has 3 heteroatoms. The third-order valence-electron chi connectivity index (χ3n) is 5.24. The number of hydrogen-bond donors (Lipinski definition) is 0. The van der Waals surface area contributed by atoms with Crippen LogP contribution in [0.5, 0.6) is 5.75 Å². The van der Waals surface area contributed by atoms with Gasteiger partial charge in [0.15, 0.2) is 0 Å².